The summed E-state index contributed by atoms with van der Waals surface area (Å²) in [6.07, 6.45) is 4.31. The van der Waals surface area contributed by atoms with Crippen molar-refractivity contribution in [3.8, 4) is 0 Å². The van der Waals surface area contributed by atoms with Gasteiger partial charge in [-0.25, -0.2) is 9.50 Å². The SMILES string of the molecule is Cc1nn2c([C@H]3CCCN(Cc4ccc(Cl)cc4)C3)ccnc2c1CN[C@H](C)c1ccccc1. The van der Waals surface area contributed by atoms with Gasteiger partial charge in [0.25, 0.3) is 0 Å². The average molecular weight is 474 g/mol. The van der Waals surface area contributed by atoms with Crippen LogP contribution in [0.1, 0.15) is 59.8 Å². The van der Waals surface area contributed by atoms with Crippen LogP contribution in [0, 0.1) is 6.92 Å². The second-order valence-corrected chi connectivity index (χ2v) is 9.82. The van der Waals surface area contributed by atoms with Crippen molar-refractivity contribution in [1.29, 1.82) is 0 Å². The summed E-state index contributed by atoms with van der Waals surface area (Å²) in [5.74, 6) is 0.440. The number of hydrogen-bond acceptors (Lipinski definition) is 4. The molecule has 2 aromatic carbocycles. The fraction of sp³-hybridized carbons (Fsp3) is 0.357. The van der Waals surface area contributed by atoms with Crippen LogP contribution in [0.15, 0.2) is 66.9 Å². The minimum Gasteiger partial charge on any atom is -0.306 e. The van der Waals surface area contributed by atoms with Crippen molar-refractivity contribution >= 4 is 17.2 Å². The first-order valence-corrected chi connectivity index (χ1v) is 12.5. The zero-order chi connectivity index (χ0) is 23.5. The summed E-state index contributed by atoms with van der Waals surface area (Å²) in [5, 5.41) is 9.39. The maximum Gasteiger partial charge on any atom is 0.159 e. The van der Waals surface area contributed by atoms with Crippen molar-refractivity contribution in [3.05, 3.63) is 100.0 Å². The van der Waals surface area contributed by atoms with Gasteiger partial charge in [0.05, 0.1) is 11.4 Å². The second kappa shape index (κ2) is 10.3. The molecule has 5 nitrogen and oxygen atoms in total. The van der Waals surface area contributed by atoms with Crippen molar-refractivity contribution in [2.24, 2.45) is 0 Å². The molecular weight excluding hydrogens is 442 g/mol. The number of nitrogens with one attached hydrogen (secondary N) is 1. The molecule has 1 saturated heterocycles. The Morgan fingerprint density at radius 2 is 1.88 bits per heavy atom. The first-order valence-electron chi connectivity index (χ1n) is 12.2. The molecule has 0 saturated carbocycles. The molecular formula is C28H32ClN5. The van der Waals surface area contributed by atoms with Crippen LogP contribution in [0.5, 0.6) is 0 Å². The Labute approximate surface area is 206 Å². The molecule has 0 aliphatic carbocycles. The number of fused-ring (bicyclic) bond motifs is 1. The van der Waals surface area contributed by atoms with E-state index in [-0.39, 0.29) is 6.04 Å². The Hall–Kier alpha value is -2.73. The molecule has 34 heavy (non-hydrogen) atoms. The van der Waals surface area contributed by atoms with Crippen molar-refractivity contribution < 1.29 is 0 Å². The summed E-state index contributed by atoms with van der Waals surface area (Å²) in [6.45, 7) is 8.14. The number of aryl methyl sites for hydroxylation is 1. The lowest BCUT2D eigenvalue weighted by atomic mass is 9.94. The third-order valence-electron chi connectivity index (χ3n) is 6.97. The van der Waals surface area contributed by atoms with Crippen molar-refractivity contribution in [2.45, 2.75) is 51.7 Å². The van der Waals surface area contributed by atoms with Crippen LogP contribution >= 0.6 is 11.6 Å². The van der Waals surface area contributed by atoms with Crippen molar-refractivity contribution in [2.75, 3.05) is 13.1 Å². The number of rotatable bonds is 7. The Balaban J connectivity index is 1.33. The maximum absolute atomic E-state index is 6.06. The van der Waals surface area contributed by atoms with E-state index in [9.17, 15) is 0 Å². The van der Waals surface area contributed by atoms with Gasteiger partial charge in [-0.3, -0.25) is 4.90 Å². The summed E-state index contributed by atoms with van der Waals surface area (Å²) >= 11 is 6.06. The lowest BCUT2D eigenvalue weighted by molar-refractivity contribution is 0.197. The van der Waals surface area contributed by atoms with Crippen molar-refractivity contribution in [1.82, 2.24) is 24.8 Å². The Morgan fingerprint density at radius 3 is 2.68 bits per heavy atom. The van der Waals surface area contributed by atoms with Gasteiger partial charge < -0.3 is 5.32 Å². The molecule has 1 N–H and O–H groups in total. The lowest BCUT2D eigenvalue weighted by Gasteiger charge is -2.33. The van der Waals surface area contributed by atoms with Gasteiger partial charge in [-0.05, 0) is 62.6 Å². The molecule has 6 heteroatoms. The number of hydrogen-bond donors (Lipinski definition) is 1. The highest BCUT2D eigenvalue weighted by Gasteiger charge is 2.25. The molecule has 0 radical (unpaired) electrons. The van der Waals surface area contributed by atoms with Crippen LogP contribution in [-0.4, -0.2) is 32.6 Å². The van der Waals surface area contributed by atoms with Gasteiger partial charge >= 0.3 is 0 Å². The van der Waals surface area contributed by atoms with Gasteiger partial charge in [0, 0.05) is 48.4 Å². The van der Waals surface area contributed by atoms with Gasteiger partial charge in [-0.2, -0.15) is 5.10 Å². The fourth-order valence-electron chi connectivity index (χ4n) is 5.03. The Bertz CT molecular complexity index is 1240. The zero-order valence-corrected chi connectivity index (χ0v) is 20.7. The summed E-state index contributed by atoms with van der Waals surface area (Å²) < 4.78 is 2.09. The molecule has 0 bridgehead atoms. The third kappa shape index (κ3) is 5.02. The molecule has 0 spiro atoms. The first kappa shape index (κ1) is 23.0. The van der Waals surface area contributed by atoms with Gasteiger partial charge in [0.15, 0.2) is 5.65 Å². The van der Waals surface area contributed by atoms with E-state index >= 15 is 0 Å². The smallest absolute Gasteiger partial charge is 0.159 e. The highest BCUT2D eigenvalue weighted by molar-refractivity contribution is 6.30. The predicted octanol–water partition coefficient (Wildman–Crippen LogP) is 5.92. The molecule has 2 atom stereocenters. The van der Waals surface area contributed by atoms with E-state index in [0.717, 1.165) is 42.5 Å². The number of benzene rings is 2. The number of likely N-dealkylation sites (tertiary alicyclic amines) is 1. The van der Waals surface area contributed by atoms with Gasteiger partial charge in [0.1, 0.15) is 0 Å². The highest BCUT2D eigenvalue weighted by atomic mass is 35.5. The van der Waals surface area contributed by atoms with E-state index < -0.39 is 0 Å². The van der Waals surface area contributed by atoms with E-state index in [2.05, 4.69) is 77.1 Å². The van der Waals surface area contributed by atoms with Crippen LogP contribution in [0.4, 0.5) is 0 Å². The van der Waals surface area contributed by atoms with E-state index in [0.29, 0.717) is 5.92 Å². The van der Waals surface area contributed by atoms with E-state index in [4.69, 9.17) is 21.7 Å². The second-order valence-electron chi connectivity index (χ2n) is 9.38. The summed E-state index contributed by atoms with van der Waals surface area (Å²) in [7, 11) is 0. The van der Waals surface area contributed by atoms with E-state index in [1.807, 2.05) is 18.3 Å². The average Bonchev–Trinajstić information content (AvgIpc) is 3.19. The van der Waals surface area contributed by atoms with Crippen LogP contribution in [0.2, 0.25) is 5.02 Å². The van der Waals surface area contributed by atoms with Crippen LogP contribution in [-0.2, 0) is 13.1 Å². The Kier molecular flexibility index (Phi) is 6.95. The molecule has 0 amide bonds. The third-order valence-corrected chi connectivity index (χ3v) is 7.22. The standard InChI is InChI=1S/C28H32ClN5/c1-20(23-7-4-3-5-8-23)31-17-26-21(2)32-34-27(14-15-30-28(26)34)24-9-6-16-33(19-24)18-22-10-12-25(29)13-11-22/h3-5,7-8,10-15,20,24,31H,6,9,16-19H2,1-2H3/t20-,24+/m1/s1. The van der Waals surface area contributed by atoms with Crippen LogP contribution < -0.4 is 5.32 Å². The molecule has 0 unspecified atom stereocenters. The minimum absolute atomic E-state index is 0.263. The normalized spacial score (nSPS) is 17.8. The summed E-state index contributed by atoms with van der Waals surface area (Å²) in [6, 6.07) is 21.2. The minimum atomic E-state index is 0.263. The summed E-state index contributed by atoms with van der Waals surface area (Å²) in [5.41, 5.74) is 7.04. The number of halogens is 1. The molecule has 4 aromatic rings. The largest absolute Gasteiger partial charge is 0.306 e. The Morgan fingerprint density at radius 1 is 1.09 bits per heavy atom. The van der Waals surface area contributed by atoms with Gasteiger partial charge in [0.2, 0.25) is 0 Å². The molecule has 3 heterocycles. The van der Waals surface area contributed by atoms with E-state index in [1.54, 1.807) is 0 Å². The van der Waals surface area contributed by atoms with Crippen LogP contribution in [0.3, 0.4) is 0 Å². The van der Waals surface area contributed by atoms with Crippen LogP contribution in [0.25, 0.3) is 5.65 Å². The number of aromatic nitrogens is 3. The summed E-state index contributed by atoms with van der Waals surface area (Å²) in [4.78, 5) is 7.28. The topological polar surface area (TPSA) is 45.5 Å². The number of nitrogens with zero attached hydrogens (tertiary/aromatic N) is 4. The molecule has 176 valence electrons. The predicted molar refractivity (Wildman–Crippen MR) is 138 cm³/mol. The monoisotopic (exact) mass is 473 g/mol. The fourth-order valence-corrected chi connectivity index (χ4v) is 5.16. The van der Waals surface area contributed by atoms with Crippen molar-refractivity contribution in [3.63, 3.8) is 0 Å². The van der Waals surface area contributed by atoms with Gasteiger partial charge in [-0.15, -0.1) is 0 Å². The quantitative estimate of drug-likeness (QED) is 0.362. The zero-order valence-electron chi connectivity index (χ0n) is 19.9. The molecule has 1 aliphatic rings. The van der Waals surface area contributed by atoms with Gasteiger partial charge in [-0.1, -0.05) is 54.1 Å². The first-order chi connectivity index (χ1) is 16.6. The highest BCUT2D eigenvalue weighted by Crippen LogP contribution is 2.29. The maximum atomic E-state index is 6.06. The molecule has 5 rings (SSSR count). The molecule has 1 fully saturated rings. The number of piperidine rings is 1. The molecule has 2 aromatic heterocycles. The van der Waals surface area contributed by atoms with E-state index in [1.165, 1.54) is 35.2 Å². The lowest BCUT2D eigenvalue weighted by Crippen LogP contribution is -2.34. The molecule has 1 aliphatic heterocycles.